The van der Waals surface area contributed by atoms with E-state index in [9.17, 15) is 29.8 Å². The van der Waals surface area contributed by atoms with Gasteiger partial charge >= 0.3 is 12.2 Å². The third kappa shape index (κ3) is 8.29. The number of carbonyl (C=O) groups excluding carboxylic acids is 2. The quantitative estimate of drug-likeness (QED) is 0.152. The molecular weight excluding hydrogens is 639 g/mol. The molecular formula is C28H32Cl2N4O11. The van der Waals surface area contributed by atoms with Crippen molar-refractivity contribution in [2.75, 3.05) is 38.2 Å². The molecule has 2 aliphatic rings. The molecule has 2 saturated heterocycles. The zero-order valence-electron chi connectivity index (χ0n) is 24.0. The van der Waals surface area contributed by atoms with Crippen LogP contribution in [0, 0.1) is 20.2 Å². The normalized spacial score (nSPS) is 22.3. The molecule has 2 amide bonds. The van der Waals surface area contributed by atoms with Crippen molar-refractivity contribution in [3.8, 4) is 0 Å². The van der Waals surface area contributed by atoms with E-state index in [1.165, 1.54) is 48.5 Å². The molecule has 0 aromatic heterocycles. The summed E-state index contributed by atoms with van der Waals surface area (Å²) >= 11 is 11.4. The first kappa shape index (κ1) is 34.1. The van der Waals surface area contributed by atoms with Crippen molar-refractivity contribution in [2.45, 2.75) is 49.3 Å². The molecule has 244 valence electrons. The molecule has 17 heteroatoms. The van der Waals surface area contributed by atoms with E-state index in [2.05, 4.69) is 10.6 Å². The number of alkyl halides is 2. The Morgan fingerprint density at radius 3 is 1.42 bits per heavy atom. The predicted molar refractivity (Wildman–Crippen MR) is 159 cm³/mol. The average molecular weight is 671 g/mol. The molecule has 0 radical (unpaired) electrons. The molecule has 2 heterocycles. The van der Waals surface area contributed by atoms with Crippen molar-refractivity contribution >= 4 is 46.8 Å². The van der Waals surface area contributed by atoms with E-state index in [0.717, 1.165) is 0 Å². The molecule has 2 aromatic carbocycles. The van der Waals surface area contributed by atoms with Crippen LogP contribution in [-0.2, 0) is 23.7 Å². The van der Waals surface area contributed by atoms with E-state index >= 15 is 0 Å². The van der Waals surface area contributed by atoms with Gasteiger partial charge in [0.05, 0.1) is 21.6 Å². The lowest BCUT2D eigenvalue weighted by Crippen LogP contribution is -2.57. The summed E-state index contributed by atoms with van der Waals surface area (Å²) in [5.74, 6) is 0.105. The van der Waals surface area contributed by atoms with Gasteiger partial charge in [0.1, 0.15) is 25.4 Å². The van der Waals surface area contributed by atoms with Gasteiger partial charge in [-0.1, -0.05) is 0 Å². The number of nitro benzene ring substituents is 2. The molecule has 0 spiro atoms. The number of benzene rings is 2. The van der Waals surface area contributed by atoms with E-state index in [1.54, 1.807) is 0 Å². The standard InChI is InChI=1S/C28H32Cl2N4O11/c29-13-17-41-25(35)31-27(11-1-15-43-27)23(19-3-7-21(8-4-19)33(37)38)45-24(20-5-9-22(10-6-20)34(39)40)28(12-2-16-44-28)32-26(36)42-18-14-30/h3-10,23-24H,1-2,11-18H2,(H,31,35)(H,32,36). The fraction of sp³-hybridized carbons (Fsp3) is 0.500. The van der Waals surface area contributed by atoms with Crippen LogP contribution in [0.25, 0.3) is 0 Å². The number of halogens is 2. The van der Waals surface area contributed by atoms with Crippen LogP contribution in [0.15, 0.2) is 48.5 Å². The zero-order valence-corrected chi connectivity index (χ0v) is 25.5. The van der Waals surface area contributed by atoms with Crippen LogP contribution in [0.3, 0.4) is 0 Å². The lowest BCUT2D eigenvalue weighted by molar-refractivity contribution is -0.385. The molecule has 15 nitrogen and oxygen atoms in total. The van der Waals surface area contributed by atoms with Crippen molar-refractivity contribution in [1.29, 1.82) is 0 Å². The van der Waals surface area contributed by atoms with Crippen LogP contribution >= 0.6 is 23.2 Å². The molecule has 0 bridgehead atoms. The van der Waals surface area contributed by atoms with Gasteiger partial charge in [0.15, 0.2) is 11.4 Å². The molecule has 2 aromatic rings. The van der Waals surface area contributed by atoms with E-state index in [0.29, 0.717) is 24.0 Å². The van der Waals surface area contributed by atoms with Crippen LogP contribution in [0.1, 0.15) is 49.0 Å². The Morgan fingerprint density at radius 2 is 1.13 bits per heavy atom. The molecule has 4 rings (SSSR count). The van der Waals surface area contributed by atoms with Gasteiger partial charge in [-0.05, 0) is 48.2 Å². The highest BCUT2D eigenvalue weighted by molar-refractivity contribution is 6.18. The Hall–Kier alpha value is -3.76. The lowest BCUT2D eigenvalue weighted by atomic mass is 9.92. The van der Waals surface area contributed by atoms with Crippen LogP contribution in [0.4, 0.5) is 21.0 Å². The van der Waals surface area contributed by atoms with Crippen LogP contribution in [0.5, 0.6) is 0 Å². The molecule has 45 heavy (non-hydrogen) atoms. The smallest absolute Gasteiger partial charge is 0.409 e. The van der Waals surface area contributed by atoms with Crippen molar-refractivity contribution in [2.24, 2.45) is 0 Å². The van der Waals surface area contributed by atoms with E-state index in [1.807, 2.05) is 0 Å². The number of non-ortho nitro benzene ring substituents is 2. The first-order chi connectivity index (χ1) is 21.6. The summed E-state index contributed by atoms with van der Waals surface area (Å²) in [6, 6.07) is 11.0. The summed E-state index contributed by atoms with van der Waals surface area (Å²) in [5.41, 5.74) is -2.69. The van der Waals surface area contributed by atoms with Gasteiger partial charge in [0, 0.05) is 50.3 Å². The number of hydrogen-bond donors (Lipinski definition) is 2. The Labute approximate surface area is 267 Å². The van der Waals surface area contributed by atoms with Gasteiger partial charge in [0.25, 0.3) is 11.4 Å². The molecule has 0 aliphatic carbocycles. The maximum Gasteiger partial charge on any atom is 0.409 e. The number of nitro groups is 2. The minimum Gasteiger partial charge on any atom is -0.448 e. The van der Waals surface area contributed by atoms with E-state index < -0.39 is 45.7 Å². The van der Waals surface area contributed by atoms with Crippen LogP contribution in [0.2, 0.25) is 0 Å². The highest BCUT2D eigenvalue weighted by Crippen LogP contribution is 2.47. The number of ether oxygens (including phenoxy) is 5. The van der Waals surface area contributed by atoms with E-state index in [4.69, 9.17) is 46.9 Å². The summed E-state index contributed by atoms with van der Waals surface area (Å²) in [4.78, 5) is 47.5. The van der Waals surface area contributed by atoms with Crippen molar-refractivity contribution in [3.05, 3.63) is 79.9 Å². The Balaban J connectivity index is 1.84. The van der Waals surface area contributed by atoms with Crippen molar-refractivity contribution in [3.63, 3.8) is 0 Å². The summed E-state index contributed by atoms with van der Waals surface area (Å²) in [5, 5.41) is 28.4. The zero-order chi connectivity index (χ0) is 32.5. The van der Waals surface area contributed by atoms with Crippen molar-refractivity contribution in [1.82, 2.24) is 10.6 Å². The van der Waals surface area contributed by atoms with Gasteiger partial charge in [0.2, 0.25) is 0 Å². The fourth-order valence-corrected chi connectivity index (χ4v) is 5.49. The highest BCUT2D eigenvalue weighted by atomic mass is 35.5. The number of carbonyl (C=O) groups is 2. The van der Waals surface area contributed by atoms with Gasteiger partial charge in [-0.25, -0.2) is 9.59 Å². The third-order valence-corrected chi connectivity index (χ3v) is 7.59. The van der Waals surface area contributed by atoms with Gasteiger partial charge in [-0.2, -0.15) is 0 Å². The predicted octanol–water partition coefficient (Wildman–Crippen LogP) is 5.25. The van der Waals surface area contributed by atoms with Gasteiger partial charge in [-0.15, -0.1) is 23.2 Å². The minimum absolute atomic E-state index is 0.0527. The summed E-state index contributed by atoms with van der Waals surface area (Å²) in [6.45, 7) is 0.303. The highest BCUT2D eigenvalue weighted by Gasteiger charge is 2.53. The second-order valence-corrected chi connectivity index (χ2v) is 10.9. The Morgan fingerprint density at radius 1 is 0.756 bits per heavy atom. The minimum atomic E-state index is -1.54. The maximum atomic E-state index is 12.9. The first-order valence-corrected chi connectivity index (χ1v) is 15.1. The van der Waals surface area contributed by atoms with Crippen molar-refractivity contribution < 1.29 is 43.1 Å². The van der Waals surface area contributed by atoms with Gasteiger partial charge in [-0.3, -0.25) is 30.9 Å². The summed E-state index contributed by atoms with van der Waals surface area (Å²) < 4.78 is 29.5. The number of rotatable bonds is 14. The molecule has 0 saturated carbocycles. The lowest BCUT2D eigenvalue weighted by Gasteiger charge is -2.43. The number of hydrogen-bond acceptors (Lipinski definition) is 11. The molecule has 2 fully saturated rings. The van der Waals surface area contributed by atoms with E-state index in [-0.39, 0.29) is 62.4 Å². The number of alkyl carbamates (subject to hydrolysis) is 2. The second-order valence-electron chi connectivity index (χ2n) is 10.2. The molecule has 4 unspecified atom stereocenters. The summed E-state index contributed by atoms with van der Waals surface area (Å²) in [7, 11) is 0. The largest absolute Gasteiger partial charge is 0.448 e. The number of nitrogens with zero attached hydrogens (tertiary/aromatic N) is 2. The number of amides is 2. The monoisotopic (exact) mass is 670 g/mol. The SMILES string of the molecule is O=C(NC1(C(OC(c2ccc([N+](=O)[O-])cc2)C2(NC(=O)OCCCl)CCCO2)c2ccc([N+](=O)[O-])cc2)CCCO1)OCCCl. The Bertz CT molecular complexity index is 1230. The second kappa shape index (κ2) is 15.5. The number of nitrogens with one attached hydrogen (secondary N) is 2. The third-order valence-electron chi connectivity index (χ3n) is 7.28. The summed E-state index contributed by atoms with van der Waals surface area (Å²) in [6.07, 6.45) is -2.51. The van der Waals surface area contributed by atoms with Crippen LogP contribution in [-0.4, -0.2) is 71.7 Å². The first-order valence-electron chi connectivity index (χ1n) is 14.1. The molecule has 4 atom stereocenters. The fourth-order valence-electron chi connectivity index (χ4n) is 5.34. The topological polar surface area (TPSA) is 191 Å². The maximum absolute atomic E-state index is 12.9. The van der Waals surface area contributed by atoms with Gasteiger partial charge < -0.3 is 23.7 Å². The molecule has 2 N–H and O–H groups in total. The van der Waals surface area contributed by atoms with Crippen LogP contribution < -0.4 is 10.6 Å². The molecule has 2 aliphatic heterocycles. The Kier molecular flexibility index (Phi) is 11.7. The average Bonchev–Trinajstić information content (AvgIpc) is 3.70.